The lowest BCUT2D eigenvalue weighted by molar-refractivity contribution is -0.139. The number of amides is 4. The molecule has 12 nitrogen and oxygen atoms in total. The van der Waals surface area contributed by atoms with Gasteiger partial charge in [-0.1, -0.05) is 30.3 Å². The van der Waals surface area contributed by atoms with Gasteiger partial charge in [-0.15, -0.1) is 0 Å². The fraction of sp³-hybridized carbons (Fsp3) is 0.483. The van der Waals surface area contributed by atoms with Crippen LogP contribution >= 0.6 is 0 Å². The maximum absolute atomic E-state index is 14.3. The molecule has 42 heavy (non-hydrogen) atoms. The SMILES string of the molecule is NCCCC[C@H](NC(=O)[C@@H]1CCCN1C(=O)Cc1ccc(F)c2ccccc12)C(=O)N[C@@H](CCCN=C(N)N)C(N)=O. The minimum absolute atomic E-state index is 0.00509. The van der Waals surface area contributed by atoms with Crippen LogP contribution in [0.4, 0.5) is 4.39 Å². The number of primary amides is 1. The topological polar surface area (TPSA) is 212 Å². The highest BCUT2D eigenvalue weighted by Crippen LogP contribution is 2.25. The summed E-state index contributed by atoms with van der Waals surface area (Å²) >= 11 is 0. The lowest BCUT2D eigenvalue weighted by Crippen LogP contribution is -2.56. The predicted octanol–water partition coefficient (Wildman–Crippen LogP) is 0.150. The first-order valence-corrected chi connectivity index (χ1v) is 14.2. The van der Waals surface area contributed by atoms with Crippen LogP contribution in [0.2, 0.25) is 0 Å². The molecule has 4 amide bonds. The Morgan fingerprint density at radius 1 is 0.952 bits per heavy atom. The van der Waals surface area contributed by atoms with Gasteiger partial charge in [0.15, 0.2) is 5.96 Å². The molecule has 228 valence electrons. The highest BCUT2D eigenvalue weighted by atomic mass is 19.1. The molecular formula is C29H41FN8O4. The molecule has 0 spiro atoms. The van der Waals surface area contributed by atoms with Gasteiger partial charge < -0.3 is 38.5 Å². The molecule has 3 atom stereocenters. The number of halogens is 1. The third kappa shape index (κ3) is 8.87. The molecule has 2 aromatic carbocycles. The van der Waals surface area contributed by atoms with Crippen molar-refractivity contribution in [1.82, 2.24) is 15.5 Å². The molecule has 2 aromatic rings. The number of carbonyl (C=O) groups excluding carboxylic acids is 4. The van der Waals surface area contributed by atoms with Gasteiger partial charge in [0.05, 0.1) is 6.42 Å². The summed E-state index contributed by atoms with van der Waals surface area (Å²) in [6, 6.07) is 7.17. The second kappa shape index (κ2) is 15.7. The molecule has 3 rings (SSSR count). The highest BCUT2D eigenvalue weighted by molar-refractivity contribution is 5.95. The van der Waals surface area contributed by atoms with Gasteiger partial charge in [0, 0.05) is 18.5 Å². The first-order valence-electron chi connectivity index (χ1n) is 14.2. The van der Waals surface area contributed by atoms with Crippen LogP contribution in [0.3, 0.4) is 0 Å². The Balaban J connectivity index is 1.68. The van der Waals surface area contributed by atoms with E-state index in [0.717, 1.165) is 0 Å². The van der Waals surface area contributed by atoms with Crippen LogP contribution in [0.5, 0.6) is 0 Å². The Labute approximate surface area is 244 Å². The average Bonchev–Trinajstić information content (AvgIpc) is 3.46. The second-order valence-electron chi connectivity index (χ2n) is 10.4. The molecule has 0 aliphatic carbocycles. The van der Waals surface area contributed by atoms with Crippen LogP contribution in [0.1, 0.15) is 50.5 Å². The zero-order valence-corrected chi connectivity index (χ0v) is 23.7. The number of benzene rings is 2. The number of nitrogens with one attached hydrogen (secondary N) is 2. The van der Waals surface area contributed by atoms with E-state index in [2.05, 4.69) is 15.6 Å². The molecular weight excluding hydrogens is 543 g/mol. The van der Waals surface area contributed by atoms with Crippen molar-refractivity contribution in [2.24, 2.45) is 27.9 Å². The summed E-state index contributed by atoms with van der Waals surface area (Å²) in [6.45, 7) is 1.07. The van der Waals surface area contributed by atoms with Gasteiger partial charge in [-0.2, -0.15) is 0 Å². The quantitative estimate of drug-likeness (QED) is 0.0967. The van der Waals surface area contributed by atoms with Crippen molar-refractivity contribution >= 4 is 40.4 Å². The number of likely N-dealkylation sites (tertiary alicyclic amines) is 1. The lowest BCUT2D eigenvalue weighted by atomic mass is 10.0. The van der Waals surface area contributed by atoms with Crippen molar-refractivity contribution in [1.29, 1.82) is 0 Å². The number of hydrogen-bond donors (Lipinski definition) is 6. The van der Waals surface area contributed by atoms with Gasteiger partial charge in [-0.3, -0.25) is 24.2 Å². The second-order valence-corrected chi connectivity index (χ2v) is 10.4. The largest absolute Gasteiger partial charge is 0.370 e. The van der Waals surface area contributed by atoms with E-state index >= 15 is 0 Å². The number of hydrogen-bond acceptors (Lipinski definition) is 6. The molecule has 1 aliphatic heterocycles. The van der Waals surface area contributed by atoms with Crippen molar-refractivity contribution in [3.63, 3.8) is 0 Å². The number of guanidine groups is 1. The van der Waals surface area contributed by atoms with E-state index in [1.54, 1.807) is 30.3 Å². The molecule has 10 N–H and O–H groups in total. The van der Waals surface area contributed by atoms with Gasteiger partial charge in [-0.05, 0) is 68.5 Å². The summed E-state index contributed by atoms with van der Waals surface area (Å²) in [5, 5.41) is 6.49. The maximum Gasteiger partial charge on any atom is 0.243 e. The van der Waals surface area contributed by atoms with E-state index in [1.807, 2.05) is 0 Å². The highest BCUT2D eigenvalue weighted by Gasteiger charge is 2.36. The van der Waals surface area contributed by atoms with Gasteiger partial charge in [0.25, 0.3) is 0 Å². The lowest BCUT2D eigenvalue weighted by Gasteiger charge is -2.27. The van der Waals surface area contributed by atoms with Crippen LogP contribution in [0.25, 0.3) is 10.8 Å². The van der Waals surface area contributed by atoms with Crippen LogP contribution < -0.4 is 33.6 Å². The molecule has 13 heteroatoms. The number of rotatable bonds is 15. The minimum Gasteiger partial charge on any atom is -0.370 e. The summed E-state index contributed by atoms with van der Waals surface area (Å²) < 4.78 is 14.3. The Kier molecular flexibility index (Phi) is 12.0. The molecule has 0 radical (unpaired) electrons. The standard InChI is InChI=1S/C29H41FN8O4/c30-21-13-12-18(19-7-1-2-8-20(19)21)17-25(39)38-16-6-11-24(38)28(42)37-23(9-3-4-14-31)27(41)36-22(26(32)40)10-5-15-35-29(33)34/h1-2,7-8,12-13,22-24H,3-6,9-11,14-17,31H2,(H2,32,40)(H,36,41)(H,37,42)(H4,33,34,35)/t22-,23-,24-/m0/s1. The number of unbranched alkanes of at least 4 members (excludes halogenated alkanes) is 1. The fourth-order valence-corrected chi connectivity index (χ4v) is 5.17. The zero-order chi connectivity index (χ0) is 30.6. The van der Waals surface area contributed by atoms with E-state index in [-0.39, 0.29) is 43.5 Å². The Morgan fingerprint density at radius 2 is 1.67 bits per heavy atom. The number of fused-ring (bicyclic) bond motifs is 1. The van der Waals surface area contributed by atoms with Crippen LogP contribution in [0.15, 0.2) is 41.4 Å². The number of aliphatic imine (C=N–C) groups is 1. The van der Waals surface area contributed by atoms with E-state index in [9.17, 15) is 23.6 Å². The van der Waals surface area contributed by atoms with Crippen molar-refractivity contribution in [2.45, 2.75) is 69.5 Å². The predicted molar refractivity (Wildman–Crippen MR) is 158 cm³/mol. The van der Waals surface area contributed by atoms with Crippen LogP contribution in [-0.4, -0.2) is 72.2 Å². The van der Waals surface area contributed by atoms with E-state index < -0.39 is 35.8 Å². The van der Waals surface area contributed by atoms with Crippen molar-refractivity contribution in [3.8, 4) is 0 Å². The Bertz CT molecular complexity index is 1300. The van der Waals surface area contributed by atoms with Gasteiger partial charge in [0.1, 0.15) is 23.9 Å². The molecule has 0 unspecified atom stereocenters. The summed E-state index contributed by atoms with van der Waals surface area (Å²) in [4.78, 5) is 57.4. The minimum atomic E-state index is -0.976. The third-order valence-electron chi connectivity index (χ3n) is 7.36. The third-order valence-corrected chi connectivity index (χ3v) is 7.36. The molecule has 1 saturated heterocycles. The fourth-order valence-electron chi connectivity index (χ4n) is 5.17. The summed E-state index contributed by atoms with van der Waals surface area (Å²) in [5.41, 5.74) is 22.4. The zero-order valence-electron chi connectivity index (χ0n) is 23.7. The molecule has 0 saturated carbocycles. The molecule has 0 bridgehead atoms. The van der Waals surface area contributed by atoms with Gasteiger partial charge in [0.2, 0.25) is 23.6 Å². The summed E-state index contributed by atoms with van der Waals surface area (Å²) in [7, 11) is 0. The smallest absolute Gasteiger partial charge is 0.243 e. The maximum atomic E-state index is 14.3. The van der Waals surface area contributed by atoms with Crippen LogP contribution in [0, 0.1) is 5.82 Å². The summed E-state index contributed by atoms with van der Waals surface area (Å²) in [6.07, 6.45) is 3.16. The monoisotopic (exact) mass is 584 g/mol. The molecule has 1 aliphatic rings. The van der Waals surface area contributed by atoms with Gasteiger partial charge >= 0.3 is 0 Å². The molecule has 0 aromatic heterocycles. The Hall–Kier alpha value is -4.26. The van der Waals surface area contributed by atoms with Crippen molar-refractivity contribution in [2.75, 3.05) is 19.6 Å². The normalized spacial score (nSPS) is 16.0. The number of nitrogens with zero attached hydrogens (tertiary/aromatic N) is 2. The first kappa shape index (κ1) is 32.3. The van der Waals surface area contributed by atoms with Crippen molar-refractivity contribution in [3.05, 3.63) is 47.8 Å². The van der Waals surface area contributed by atoms with E-state index in [4.69, 9.17) is 22.9 Å². The number of nitrogens with two attached hydrogens (primary N) is 4. The Morgan fingerprint density at radius 3 is 2.36 bits per heavy atom. The van der Waals surface area contributed by atoms with Gasteiger partial charge in [-0.25, -0.2) is 4.39 Å². The van der Waals surface area contributed by atoms with E-state index in [0.29, 0.717) is 61.5 Å². The molecule has 1 heterocycles. The average molecular weight is 585 g/mol. The van der Waals surface area contributed by atoms with Crippen molar-refractivity contribution < 1.29 is 23.6 Å². The van der Waals surface area contributed by atoms with E-state index in [1.165, 1.54) is 11.0 Å². The first-order chi connectivity index (χ1) is 20.1. The number of carbonyl (C=O) groups is 4. The summed E-state index contributed by atoms with van der Waals surface area (Å²) in [5.74, 6) is -2.45. The molecule has 1 fully saturated rings. The van der Waals surface area contributed by atoms with Crippen LogP contribution in [-0.2, 0) is 25.6 Å².